The summed E-state index contributed by atoms with van der Waals surface area (Å²) < 4.78 is 2.03. The molecule has 0 saturated carbocycles. The molecule has 27 heavy (non-hydrogen) atoms. The van der Waals surface area contributed by atoms with E-state index in [4.69, 9.17) is 0 Å². The van der Waals surface area contributed by atoms with Crippen molar-refractivity contribution in [2.75, 3.05) is 0 Å². The average Bonchev–Trinajstić information content (AvgIpc) is 2.53. The molecule has 0 heterocycles. The van der Waals surface area contributed by atoms with Gasteiger partial charge in [0.2, 0.25) is 0 Å². The summed E-state index contributed by atoms with van der Waals surface area (Å²) in [5.41, 5.74) is 7.21. The van der Waals surface area contributed by atoms with Crippen LogP contribution in [0, 0.1) is 11.5 Å². The van der Waals surface area contributed by atoms with Gasteiger partial charge in [-0.15, -0.1) is 0 Å². The van der Waals surface area contributed by atoms with Crippen LogP contribution in [-0.4, -0.2) is 29.2 Å². The number of hydrogen-bond donors (Lipinski definition) is 0. The van der Waals surface area contributed by atoms with E-state index in [9.17, 15) is 0 Å². The zero-order valence-electron chi connectivity index (χ0n) is 18.7. The summed E-state index contributed by atoms with van der Waals surface area (Å²) in [6, 6.07) is 13.5. The maximum absolute atomic E-state index is 3.94. The molecule has 0 atom stereocenters. The Morgan fingerprint density at radius 1 is 0.815 bits per heavy atom. The van der Waals surface area contributed by atoms with Crippen LogP contribution < -0.4 is 3.58 Å². The number of fused-ring (bicyclic) bond motifs is 1. The first-order chi connectivity index (χ1) is 12.5. The maximum atomic E-state index is 3.94. The Bertz CT molecular complexity index is 817. The van der Waals surface area contributed by atoms with E-state index in [0.717, 1.165) is 0 Å². The third-order valence-electron chi connectivity index (χ3n) is 5.69. The van der Waals surface area contributed by atoms with E-state index in [-0.39, 0.29) is 0 Å². The normalized spacial score (nSPS) is 12.7. The molecule has 2 radical (unpaired) electrons. The van der Waals surface area contributed by atoms with Crippen molar-refractivity contribution < 1.29 is 0 Å². The van der Waals surface area contributed by atoms with Crippen LogP contribution in [0.2, 0.25) is 20.1 Å². The molecule has 2 heteroatoms. The molecule has 0 unspecified atom stereocenters. The van der Waals surface area contributed by atoms with E-state index in [1.165, 1.54) is 16.3 Å². The Kier molecular flexibility index (Phi) is 7.31. The molecule has 0 saturated heterocycles. The summed E-state index contributed by atoms with van der Waals surface area (Å²) in [7, 11) is -1.71. The van der Waals surface area contributed by atoms with Gasteiger partial charge in [0.25, 0.3) is 0 Å². The monoisotopic (exact) mass is 484 g/mol. The van der Waals surface area contributed by atoms with Crippen LogP contribution in [0.3, 0.4) is 0 Å². The summed E-state index contributed by atoms with van der Waals surface area (Å²) in [5.74, 6) is 3.74. The van der Waals surface area contributed by atoms with Gasteiger partial charge >= 0.3 is 179 Å². The first-order valence-electron chi connectivity index (χ1n) is 10.3. The van der Waals surface area contributed by atoms with Crippen molar-refractivity contribution in [3.05, 3.63) is 42.0 Å². The van der Waals surface area contributed by atoms with E-state index in [0.29, 0.717) is 20.1 Å². The molecular formula is C25H36SiSn. The standard InChI is InChI=1S/C21H27Si.C4H9.Sn/c1-16(2)22(17(3)4,18(5)6)15-14-20-12-9-11-19-10-7-8-13-21(19)20;1-4(2)3;/h7-12,16-18H,1-6H3;1-3H3;. The van der Waals surface area contributed by atoms with Crippen molar-refractivity contribution in [3.8, 4) is 11.5 Å². The molecule has 144 valence electrons. The number of rotatable bonds is 4. The van der Waals surface area contributed by atoms with Crippen molar-refractivity contribution in [3.63, 3.8) is 0 Å². The Morgan fingerprint density at radius 3 is 1.81 bits per heavy atom. The molecule has 2 aromatic rings. The van der Waals surface area contributed by atoms with Crippen LogP contribution in [0.5, 0.6) is 0 Å². The van der Waals surface area contributed by atoms with Crippen LogP contribution in [-0.2, 0) is 0 Å². The fourth-order valence-electron chi connectivity index (χ4n) is 4.56. The van der Waals surface area contributed by atoms with Crippen molar-refractivity contribution in [2.45, 2.75) is 82.4 Å². The summed E-state index contributed by atoms with van der Waals surface area (Å²) in [5, 5.41) is 2.79. The van der Waals surface area contributed by atoms with Gasteiger partial charge in [-0.1, -0.05) is 0 Å². The summed E-state index contributed by atoms with van der Waals surface area (Å²) in [6.07, 6.45) is 0. The molecule has 0 nitrogen and oxygen atoms in total. The summed E-state index contributed by atoms with van der Waals surface area (Å²) >= 11 is -0.694. The van der Waals surface area contributed by atoms with Crippen molar-refractivity contribution in [1.82, 2.24) is 0 Å². The minimum absolute atomic E-state index is 0.435. The van der Waals surface area contributed by atoms with E-state index >= 15 is 0 Å². The van der Waals surface area contributed by atoms with Crippen LogP contribution in [0.25, 0.3) is 10.8 Å². The fourth-order valence-corrected chi connectivity index (χ4v) is 13.8. The number of hydrogen-bond acceptors (Lipinski definition) is 0. The van der Waals surface area contributed by atoms with Gasteiger partial charge in [0.1, 0.15) is 0 Å². The first kappa shape index (κ1) is 22.6. The second kappa shape index (κ2) is 8.74. The van der Waals surface area contributed by atoms with Crippen LogP contribution in [0.4, 0.5) is 0 Å². The van der Waals surface area contributed by atoms with E-state index in [1.807, 2.05) is 0 Å². The Balaban J connectivity index is 2.69. The molecule has 0 fully saturated rings. The van der Waals surface area contributed by atoms with Crippen molar-refractivity contribution in [2.24, 2.45) is 0 Å². The van der Waals surface area contributed by atoms with E-state index in [1.54, 1.807) is 3.58 Å². The molecule has 0 amide bonds. The van der Waals surface area contributed by atoms with Gasteiger partial charge < -0.3 is 0 Å². The van der Waals surface area contributed by atoms with E-state index in [2.05, 4.69) is 110 Å². The molecule has 2 aromatic carbocycles. The van der Waals surface area contributed by atoms with Gasteiger partial charge in [0.15, 0.2) is 0 Å². The SMILES string of the molecule is CC(C)[Si](C#Cc1cccc2ccc[c]([Sn][C](C)(C)C)c12)(C(C)C)C(C)C. The summed E-state index contributed by atoms with van der Waals surface area (Å²) in [4.78, 5) is 0. The first-order valence-corrected chi connectivity index (χ1v) is 15.4. The third kappa shape index (κ3) is 5.01. The van der Waals surface area contributed by atoms with Crippen molar-refractivity contribution >= 4 is 43.6 Å². The molecule has 0 N–H and O–H groups in total. The van der Waals surface area contributed by atoms with Gasteiger partial charge in [0.05, 0.1) is 0 Å². The quantitative estimate of drug-likeness (QED) is 0.326. The molecule has 0 spiro atoms. The summed E-state index contributed by atoms with van der Waals surface area (Å²) in [6.45, 7) is 21.5. The molecule has 0 bridgehead atoms. The minimum atomic E-state index is -1.71. The Labute approximate surface area is 178 Å². The van der Waals surface area contributed by atoms with E-state index < -0.39 is 29.2 Å². The van der Waals surface area contributed by atoms with Crippen molar-refractivity contribution in [1.29, 1.82) is 0 Å². The van der Waals surface area contributed by atoms with Gasteiger partial charge in [-0.05, 0) is 0 Å². The second-order valence-corrected chi connectivity index (χ2v) is 21.8. The molecular weight excluding hydrogens is 447 g/mol. The predicted octanol–water partition coefficient (Wildman–Crippen LogP) is 6.96. The van der Waals surface area contributed by atoms with Crippen LogP contribution in [0.15, 0.2) is 36.4 Å². The third-order valence-corrected chi connectivity index (χ3v) is 16.1. The number of benzene rings is 2. The van der Waals surface area contributed by atoms with Crippen LogP contribution in [0.1, 0.15) is 67.9 Å². The molecule has 0 aliphatic rings. The van der Waals surface area contributed by atoms with Gasteiger partial charge in [-0.3, -0.25) is 0 Å². The molecule has 0 aromatic heterocycles. The zero-order chi connectivity index (χ0) is 20.4. The van der Waals surface area contributed by atoms with Crippen LogP contribution >= 0.6 is 0 Å². The zero-order valence-corrected chi connectivity index (χ0v) is 22.6. The topological polar surface area (TPSA) is 0 Å². The molecule has 0 aliphatic carbocycles. The van der Waals surface area contributed by atoms with Gasteiger partial charge in [-0.2, -0.15) is 0 Å². The second-order valence-electron chi connectivity index (χ2n) is 9.73. The fraction of sp³-hybridized carbons (Fsp3) is 0.520. The predicted molar refractivity (Wildman–Crippen MR) is 127 cm³/mol. The molecule has 2 rings (SSSR count). The Morgan fingerprint density at radius 2 is 1.33 bits per heavy atom. The Hall–Kier alpha value is -0.724. The van der Waals surface area contributed by atoms with Gasteiger partial charge in [0, 0.05) is 0 Å². The average molecular weight is 483 g/mol. The molecule has 0 aliphatic heterocycles. The van der Waals surface area contributed by atoms with Gasteiger partial charge in [-0.25, -0.2) is 0 Å².